The third-order valence-corrected chi connectivity index (χ3v) is 5.56. The second kappa shape index (κ2) is 6.78. The summed E-state index contributed by atoms with van der Waals surface area (Å²) in [4.78, 5) is 16.4. The number of aryl methyl sites for hydroxylation is 3. The van der Waals surface area contributed by atoms with Gasteiger partial charge in [-0.2, -0.15) is 23.4 Å². The molecule has 0 bridgehead atoms. The van der Waals surface area contributed by atoms with E-state index in [1.165, 1.54) is 10.6 Å². The molecule has 10 heteroatoms. The summed E-state index contributed by atoms with van der Waals surface area (Å²) in [6.45, 7) is 3.79. The van der Waals surface area contributed by atoms with E-state index in [9.17, 15) is 18.0 Å². The molecule has 0 aliphatic carbocycles. The maximum atomic E-state index is 13.1. The van der Waals surface area contributed by atoms with Gasteiger partial charge in [0.1, 0.15) is 11.3 Å². The van der Waals surface area contributed by atoms with Crippen LogP contribution in [0.25, 0.3) is 38.9 Å². The predicted molar refractivity (Wildman–Crippen MR) is 113 cm³/mol. The molecule has 0 saturated heterocycles. The van der Waals surface area contributed by atoms with E-state index in [1.807, 2.05) is 26.0 Å². The summed E-state index contributed by atoms with van der Waals surface area (Å²) in [6.07, 6.45) is -3.47. The number of fused-ring (bicyclic) bond motifs is 3. The molecular weight excluding hydrogens is 421 g/mol. The third kappa shape index (κ3) is 2.98. The van der Waals surface area contributed by atoms with E-state index in [-0.39, 0.29) is 11.1 Å². The Morgan fingerprint density at radius 2 is 1.81 bits per heavy atom. The number of pyridine rings is 1. The average Bonchev–Trinajstić information content (AvgIpc) is 3.35. The smallest absolute Gasteiger partial charge is 0.296 e. The molecule has 0 radical (unpaired) electrons. The molecule has 0 fully saturated rings. The number of hydrogen-bond acceptors (Lipinski definition) is 4. The molecule has 0 saturated carbocycles. The fourth-order valence-corrected chi connectivity index (χ4v) is 3.98. The van der Waals surface area contributed by atoms with E-state index >= 15 is 0 Å². The molecule has 0 aliphatic heterocycles. The van der Waals surface area contributed by atoms with Crippen LogP contribution in [0.2, 0.25) is 0 Å². The summed E-state index contributed by atoms with van der Waals surface area (Å²) >= 11 is 0. The van der Waals surface area contributed by atoms with Crippen LogP contribution in [0.5, 0.6) is 0 Å². The van der Waals surface area contributed by atoms with Gasteiger partial charge in [0.2, 0.25) is 0 Å². The van der Waals surface area contributed by atoms with Crippen LogP contribution in [-0.2, 0) is 13.2 Å². The zero-order chi connectivity index (χ0) is 22.8. The predicted octanol–water partition coefficient (Wildman–Crippen LogP) is 4.27. The van der Waals surface area contributed by atoms with Gasteiger partial charge in [0.15, 0.2) is 0 Å². The summed E-state index contributed by atoms with van der Waals surface area (Å²) < 4.78 is 42.4. The van der Waals surface area contributed by atoms with Crippen molar-refractivity contribution in [1.82, 2.24) is 29.4 Å². The molecule has 4 aromatic heterocycles. The quantitative estimate of drug-likeness (QED) is 0.446. The summed E-state index contributed by atoms with van der Waals surface area (Å²) in [5.41, 5.74) is 3.84. The van der Waals surface area contributed by atoms with E-state index in [4.69, 9.17) is 0 Å². The van der Waals surface area contributed by atoms with E-state index in [1.54, 1.807) is 23.7 Å². The van der Waals surface area contributed by atoms with Crippen molar-refractivity contribution in [3.63, 3.8) is 0 Å². The summed E-state index contributed by atoms with van der Waals surface area (Å²) in [6, 6.07) is 9.43. The zero-order valence-electron chi connectivity index (χ0n) is 17.3. The Labute approximate surface area is 179 Å². The van der Waals surface area contributed by atoms with Gasteiger partial charge in [-0.15, -0.1) is 0 Å². The van der Waals surface area contributed by atoms with Gasteiger partial charge in [-0.3, -0.25) is 19.4 Å². The van der Waals surface area contributed by atoms with Gasteiger partial charge < -0.3 is 0 Å². The fraction of sp³-hybridized carbons (Fsp3) is 0.182. The number of benzene rings is 1. The van der Waals surface area contributed by atoms with Crippen LogP contribution in [0.3, 0.4) is 0 Å². The van der Waals surface area contributed by atoms with E-state index < -0.39 is 11.9 Å². The number of rotatable bonds is 2. The lowest BCUT2D eigenvalue weighted by molar-refractivity contribution is -0.141. The first kappa shape index (κ1) is 20.0. The Kier molecular flexibility index (Phi) is 4.23. The molecule has 1 N–H and O–H groups in total. The Hall–Kier alpha value is -3.95. The van der Waals surface area contributed by atoms with Gasteiger partial charge in [-0.25, -0.2) is 4.52 Å². The highest BCUT2D eigenvalue weighted by atomic mass is 19.4. The molecule has 1 aromatic carbocycles. The minimum atomic E-state index is -4.57. The van der Waals surface area contributed by atoms with Crippen molar-refractivity contribution in [3.8, 4) is 22.4 Å². The maximum Gasteiger partial charge on any atom is 0.433 e. The van der Waals surface area contributed by atoms with Gasteiger partial charge in [-0.05, 0) is 43.7 Å². The van der Waals surface area contributed by atoms with Crippen LogP contribution in [0.15, 0.2) is 47.4 Å². The highest BCUT2D eigenvalue weighted by molar-refractivity contribution is 5.87. The fourth-order valence-electron chi connectivity index (χ4n) is 3.98. The van der Waals surface area contributed by atoms with Crippen molar-refractivity contribution in [2.24, 2.45) is 7.05 Å². The van der Waals surface area contributed by atoms with Crippen molar-refractivity contribution in [2.45, 2.75) is 20.0 Å². The van der Waals surface area contributed by atoms with Gasteiger partial charge in [0.05, 0.1) is 22.3 Å². The molecule has 0 amide bonds. The van der Waals surface area contributed by atoms with E-state index in [0.29, 0.717) is 22.2 Å². The summed E-state index contributed by atoms with van der Waals surface area (Å²) in [7, 11) is 1.61. The standard InChI is InChI=1S/C22H17F3N6O/c1-11-20(12(2)28-27-11)14-4-5-15-17(8-14)31-19(30(3)21(15)32)10-16(29-31)13-6-7-26-18(9-13)22(23,24)25/h4-10H,1-3H3,(H,27,28). The molecule has 5 aromatic rings. The van der Waals surface area contributed by atoms with Gasteiger partial charge in [0, 0.05) is 36.1 Å². The first-order valence-corrected chi connectivity index (χ1v) is 9.73. The van der Waals surface area contributed by atoms with Crippen molar-refractivity contribution in [1.29, 1.82) is 0 Å². The number of nitrogens with one attached hydrogen (secondary N) is 1. The second-order valence-electron chi connectivity index (χ2n) is 7.63. The number of alkyl halides is 3. The first-order valence-electron chi connectivity index (χ1n) is 9.73. The molecule has 5 rings (SSSR count). The topological polar surface area (TPSA) is 80.9 Å². The van der Waals surface area contributed by atoms with Crippen molar-refractivity contribution in [2.75, 3.05) is 0 Å². The van der Waals surface area contributed by atoms with Gasteiger partial charge in [0.25, 0.3) is 5.56 Å². The number of halogens is 3. The number of hydrogen-bond donors (Lipinski definition) is 1. The lowest BCUT2D eigenvalue weighted by atomic mass is 10.0. The molecular formula is C22H17F3N6O. The molecule has 0 aliphatic rings. The van der Waals surface area contributed by atoms with Crippen LogP contribution in [-0.4, -0.2) is 29.4 Å². The highest BCUT2D eigenvalue weighted by Crippen LogP contribution is 2.31. The lowest BCUT2D eigenvalue weighted by Gasteiger charge is -2.08. The van der Waals surface area contributed by atoms with Crippen LogP contribution in [0, 0.1) is 13.8 Å². The molecule has 4 heterocycles. The first-order chi connectivity index (χ1) is 15.1. The van der Waals surface area contributed by atoms with Gasteiger partial charge >= 0.3 is 6.18 Å². The Bertz CT molecular complexity index is 1560. The van der Waals surface area contributed by atoms with Crippen molar-refractivity contribution in [3.05, 3.63) is 70.0 Å². The summed E-state index contributed by atoms with van der Waals surface area (Å²) in [5, 5.41) is 12.2. The number of nitrogens with zero attached hydrogens (tertiary/aromatic N) is 5. The van der Waals surface area contributed by atoms with E-state index in [2.05, 4.69) is 20.3 Å². The minimum absolute atomic E-state index is 0.225. The van der Waals surface area contributed by atoms with Crippen LogP contribution in [0.4, 0.5) is 13.2 Å². The number of aromatic amines is 1. The number of aromatic nitrogens is 6. The normalized spacial score (nSPS) is 12.2. The molecule has 7 nitrogen and oxygen atoms in total. The Balaban J connectivity index is 1.78. The third-order valence-electron chi connectivity index (χ3n) is 5.56. The highest BCUT2D eigenvalue weighted by Gasteiger charge is 2.32. The largest absolute Gasteiger partial charge is 0.433 e. The van der Waals surface area contributed by atoms with Crippen molar-refractivity contribution >= 4 is 16.6 Å². The molecule has 0 unspecified atom stereocenters. The zero-order valence-corrected chi connectivity index (χ0v) is 17.3. The SMILES string of the molecule is Cc1n[nH]c(C)c1-c1ccc2c(=O)n(C)c3cc(-c4ccnc(C(F)(F)F)c4)nn3c2c1. The Morgan fingerprint density at radius 3 is 2.50 bits per heavy atom. The van der Waals surface area contributed by atoms with Gasteiger partial charge in [-0.1, -0.05) is 6.07 Å². The summed E-state index contributed by atoms with van der Waals surface area (Å²) in [5.74, 6) is 0. The maximum absolute atomic E-state index is 13.1. The molecule has 0 atom stereocenters. The molecule has 0 spiro atoms. The Morgan fingerprint density at radius 1 is 1.03 bits per heavy atom. The van der Waals surface area contributed by atoms with Crippen LogP contribution in [0.1, 0.15) is 17.1 Å². The number of H-pyrrole nitrogens is 1. The average molecular weight is 438 g/mol. The minimum Gasteiger partial charge on any atom is -0.296 e. The van der Waals surface area contributed by atoms with Crippen LogP contribution < -0.4 is 5.56 Å². The van der Waals surface area contributed by atoms with Crippen molar-refractivity contribution < 1.29 is 13.2 Å². The second-order valence-corrected chi connectivity index (χ2v) is 7.63. The van der Waals surface area contributed by atoms with E-state index in [0.717, 1.165) is 34.8 Å². The molecule has 32 heavy (non-hydrogen) atoms. The lowest BCUT2D eigenvalue weighted by Crippen LogP contribution is -2.19. The molecule has 162 valence electrons. The van der Waals surface area contributed by atoms with Crippen LogP contribution >= 0.6 is 0 Å². The monoisotopic (exact) mass is 438 g/mol.